The fourth-order valence-electron chi connectivity index (χ4n) is 1.18. The Kier molecular flexibility index (Phi) is 5.64. The first kappa shape index (κ1) is 15.0. The van der Waals surface area contributed by atoms with Gasteiger partial charge >= 0.3 is 0 Å². The third-order valence-electron chi connectivity index (χ3n) is 2.06. The Hall–Kier alpha value is -1.05. The van der Waals surface area contributed by atoms with E-state index in [-0.39, 0.29) is 29.7 Å². The minimum Gasteiger partial charge on any atom is -0.395 e. The molecule has 0 aromatic heterocycles. The zero-order valence-electron chi connectivity index (χ0n) is 9.92. The Morgan fingerprint density at radius 3 is 2.44 bits per heavy atom. The zero-order chi connectivity index (χ0) is 13.6. The summed E-state index contributed by atoms with van der Waals surface area (Å²) in [6.07, 6.45) is 1.15. The molecule has 7 heteroatoms. The number of rotatable bonds is 6. The average molecular weight is 289 g/mol. The van der Waals surface area contributed by atoms with E-state index in [9.17, 15) is 13.2 Å². The van der Waals surface area contributed by atoms with Crippen LogP contribution < -0.4 is 5.32 Å². The normalized spacial score (nSPS) is 11.2. The summed E-state index contributed by atoms with van der Waals surface area (Å²) in [4.78, 5) is 12.3. The predicted octanol–water partition coefficient (Wildman–Crippen LogP) is 0.291. The van der Waals surface area contributed by atoms with E-state index >= 15 is 0 Å². The fourth-order valence-corrected chi connectivity index (χ4v) is 2.54. The van der Waals surface area contributed by atoms with Crippen LogP contribution >= 0.6 is 11.8 Å². The van der Waals surface area contributed by atoms with Crippen LogP contribution in [0.3, 0.4) is 0 Å². The Labute approximate surface area is 111 Å². The highest BCUT2D eigenvalue weighted by molar-refractivity contribution is 8.00. The summed E-state index contributed by atoms with van der Waals surface area (Å²) in [6, 6.07) is 6.37. The summed E-state index contributed by atoms with van der Waals surface area (Å²) in [7, 11) is -3.18. The van der Waals surface area contributed by atoms with Gasteiger partial charge in [-0.25, -0.2) is 8.42 Å². The van der Waals surface area contributed by atoms with Crippen molar-refractivity contribution in [3.05, 3.63) is 24.3 Å². The summed E-state index contributed by atoms with van der Waals surface area (Å²) in [6.45, 7) is 0.159. The molecule has 1 rings (SSSR count). The highest BCUT2D eigenvalue weighted by Crippen LogP contribution is 2.19. The maximum atomic E-state index is 11.3. The number of benzene rings is 1. The van der Waals surface area contributed by atoms with E-state index < -0.39 is 9.84 Å². The summed E-state index contributed by atoms with van der Waals surface area (Å²) in [5, 5.41) is 11.1. The van der Waals surface area contributed by atoms with Gasteiger partial charge in [-0.2, -0.15) is 0 Å². The fraction of sp³-hybridized carbons (Fsp3) is 0.364. The van der Waals surface area contributed by atoms with E-state index in [1.165, 1.54) is 23.9 Å². The number of aliphatic hydroxyl groups excluding tert-OH is 1. The lowest BCUT2D eigenvalue weighted by Gasteiger charge is -2.04. The lowest BCUT2D eigenvalue weighted by atomic mass is 10.4. The molecule has 0 radical (unpaired) electrons. The van der Waals surface area contributed by atoms with Crippen molar-refractivity contribution in [3.63, 3.8) is 0 Å². The van der Waals surface area contributed by atoms with Crippen LogP contribution in [0.5, 0.6) is 0 Å². The second-order valence-electron chi connectivity index (χ2n) is 3.61. The van der Waals surface area contributed by atoms with Crippen molar-refractivity contribution in [2.75, 3.05) is 25.2 Å². The van der Waals surface area contributed by atoms with Crippen LogP contribution in [0.15, 0.2) is 34.1 Å². The number of hydrogen-bond donors (Lipinski definition) is 2. The standard InChI is InChI=1S/C11H15NO4S2/c1-18(15,16)10-4-2-9(3-5-10)17-8-11(14)12-6-7-13/h2-5,13H,6-8H2,1H3,(H,12,14). The van der Waals surface area contributed by atoms with Crippen LogP contribution in [0.4, 0.5) is 0 Å². The van der Waals surface area contributed by atoms with Crippen molar-refractivity contribution in [1.29, 1.82) is 0 Å². The van der Waals surface area contributed by atoms with Gasteiger partial charge in [-0.15, -0.1) is 11.8 Å². The number of hydrogen-bond acceptors (Lipinski definition) is 5. The minimum absolute atomic E-state index is 0.0839. The van der Waals surface area contributed by atoms with Gasteiger partial charge in [0.25, 0.3) is 0 Å². The monoisotopic (exact) mass is 289 g/mol. The number of amides is 1. The van der Waals surface area contributed by atoms with Crippen LogP contribution in [0.1, 0.15) is 0 Å². The molecule has 0 bridgehead atoms. The number of sulfone groups is 1. The van der Waals surface area contributed by atoms with E-state index in [1.807, 2.05) is 0 Å². The Morgan fingerprint density at radius 1 is 1.33 bits per heavy atom. The molecule has 5 nitrogen and oxygen atoms in total. The zero-order valence-corrected chi connectivity index (χ0v) is 11.6. The van der Waals surface area contributed by atoms with Gasteiger partial charge in [-0.1, -0.05) is 0 Å². The van der Waals surface area contributed by atoms with Crippen molar-refractivity contribution in [1.82, 2.24) is 5.32 Å². The highest BCUT2D eigenvalue weighted by atomic mass is 32.2. The van der Waals surface area contributed by atoms with Crippen molar-refractivity contribution >= 4 is 27.5 Å². The summed E-state index contributed by atoms with van der Waals surface area (Å²) >= 11 is 1.31. The van der Waals surface area contributed by atoms with Gasteiger partial charge in [-0.3, -0.25) is 4.79 Å². The molecule has 0 saturated carbocycles. The van der Waals surface area contributed by atoms with Crippen LogP contribution in [0.25, 0.3) is 0 Å². The van der Waals surface area contributed by atoms with Gasteiger partial charge in [0.2, 0.25) is 5.91 Å². The number of aliphatic hydroxyl groups is 1. The lowest BCUT2D eigenvalue weighted by molar-refractivity contribution is -0.118. The first-order valence-electron chi connectivity index (χ1n) is 5.24. The SMILES string of the molecule is CS(=O)(=O)c1ccc(SCC(=O)NCCO)cc1. The first-order valence-corrected chi connectivity index (χ1v) is 8.11. The topological polar surface area (TPSA) is 83.5 Å². The molecule has 0 unspecified atom stereocenters. The molecule has 0 spiro atoms. The molecule has 0 fully saturated rings. The molecule has 0 aliphatic carbocycles. The molecule has 0 heterocycles. The summed E-state index contributed by atoms with van der Waals surface area (Å²) in [5.41, 5.74) is 0. The number of carbonyl (C=O) groups excluding carboxylic acids is 1. The van der Waals surface area contributed by atoms with E-state index in [0.717, 1.165) is 11.2 Å². The molecule has 100 valence electrons. The summed E-state index contributed by atoms with van der Waals surface area (Å²) < 4.78 is 22.5. The van der Waals surface area contributed by atoms with Crippen LogP contribution in [-0.4, -0.2) is 44.6 Å². The number of carbonyl (C=O) groups is 1. The Balaban J connectivity index is 2.52. The largest absolute Gasteiger partial charge is 0.395 e. The number of nitrogens with one attached hydrogen (secondary N) is 1. The highest BCUT2D eigenvalue weighted by Gasteiger charge is 2.07. The smallest absolute Gasteiger partial charge is 0.230 e. The molecule has 1 aromatic rings. The van der Waals surface area contributed by atoms with Gasteiger partial charge in [0.05, 0.1) is 17.3 Å². The van der Waals surface area contributed by atoms with Crippen LogP contribution in [0, 0.1) is 0 Å². The van der Waals surface area contributed by atoms with Crippen molar-refractivity contribution in [2.45, 2.75) is 9.79 Å². The summed E-state index contributed by atoms with van der Waals surface area (Å²) in [5.74, 6) is 0.0688. The minimum atomic E-state index is -3.18. The van der Waals surface area contributed by atoms with E-state index in [0.29, 0.717) is 0 Å². The van der Waals surface area contributed by atoms with E-state index in [1.54, 1.807) is 12.1 Å². The molecule has 0 aliphatic heterocycles. The van der Waals surface area contributed by atoms with Gasteiger partial charge < -0.3 is 10.4 Å². The quantitative estimate of drug-likeness (QED) is 0.736. The lowest BCUT2D eigenvalue weighted by Crippen LogP contribution is -2.27. The average Bonchev–Trinajstić information content (AvgIpc) is 2.33. The first-order chi connectivity index (χ1) is 8.43. The molecule has 2 N–H and O–H groups in total. The van der Waals surface area contributed by atoms with E-state index in [4.69, 9.17) is 5.11 Å². The third-order valence-corrected chi connectivity index (χ3v) is 4.20. The van der Waals surface area contributed by atoms with Gasteiger partial charge in [0.1, 0.15) is 0 Å². The van der Waals surface area contributed by atoms with Crippen LogP contribution in [0.2, 0.25) is 0 Å². The number of thioether (sulfide) groups is 1. The molecule has 1 amide bonds. The Morgan fingerprint density at radius 2 is 1.94 bits per heavy atom. The van der Waals surface area contributed by atoms with Gasteiger partial charge in [0, 0.05) is 17.7 Å². The maximum Gasteiger partial charge on any atom is 0.230 e. The van der Waals surface area contributed by atoms with Crippen LogP contribution in [-0.2, 0) is 14.6 Å². The van der Waals surface area contributed by atoms with Crippen molar-refractivity contribution in [3.8, 4) is 0 Å². The second kappa shape index (κ2) is 6.77. The third kappa shape index (κ3) is 5.07. The molecule has 1 aromatic carbocycles. The molecular formula is C11H15NO4S2. The molecule has 0 atom stereocenters. The molecular weight excluding hydrogens is 274 g/mol. The van der Waals surface area contributed by atoms with E-state index in [2.05, 4.69) is 5.32 Å². The second-order valence-corrected chi connectivity index (χ2v) is 6.67. The molecule has 0 aliphatic rings. The molecule has 18 heavy (non-hydrogen) atoms. The van der Waals surface area contributed by atoms with Crippen molar-refractivity contribution < 1.29 is 18.3 Å². The van der Waals surface area contributed by atoms with Gasteiger partial charge in [0.15, 0.2) is 9.84 Å². The van der Waals surface area contributed by atoms with Gasteiger partial charge in [-0.05, 0) is 24.3 Å². The predicted molar refractivity (Wildman–Crippen MR) is 70.4 cm³/mol. The molecule has 0 saturated heterocycles. The Bertz CT molecular complexity index is 496. The van der Waals surface area contributed by atoms with Crippen molar-refractivity contribution in [2.24, 2.45) is 0 Å². The maximum absolute atomic E-state index is 11.3.